The summed E-state index contributed by atoms with van der Waals surface area (Å²) >= 11 is 7.90. The minimum Gasteiger partial charge on any atom is -0.479 e. The zero-order valence-corrected chi connectivity index (χ0v) is 29.6. The van der Waals surface area contributed by atoms with Gasteiger partial charge in [-0.25, -0.2) is 9.78 Å². The molecule has 0 saturated carbocycles. The number of ether oxygens (including phenoxy) is 2. The van der Waals surface area contributed by atoms with Crippen LogP contribution in [0.25, 0.3) is 37.5 Å². The van der Waals surface area contributed by atoms with Crippen LogP contribution in [0.5, 0.6) is 0 Å². The number of aromatic nitrogens is 1. The summed E-state index contributed by atoms with van der Waals surface area (Å²) in [6.45, 7) is 16.1. The normalized spacial score (nSPS) is 20.6. The standard InChI is InChI=1S/C39H43ClN2O4S/c1-22-17-29(24-13-15-42(16-14-24)39(6)20-45-21-39)30-19-26(9-12-28(22)30)36-41-31-18-23(2)32(34(37(43)44)46-38(3,4)5)33(35(31)47-36)25-7-10-27(40)11-8-25/h7-12,17-19,22,24,34H,13-16,20-21H2,1-6H3,(H,43,44)/t22?,34-/m0/s1. The van der Waals surface area contributed by atoms with Crippen molar-refractivity contribution in [2.75, 3.05) is 26.3 Å². The number of aryl methyl sites for hydroxylation is 1. The van der Waals surface area contributed by atoms with Crippen molar-refractivity contribution in [3.63, 3.8) is 0 Å². The Labute approximate surface area is 286 Å². The van der Waals surface area contributed by atoms with Crippen LogP contribution in [0, 0.1) is 12.8 Å². The Morgan fingerprint density at radius 3 is 2.40 bits per heavy atom. The van der Waals surface area contributed by atoms with Crippen molar-refractivity contribution in [1.29, 1.82) is 0 Å². The summed E-state index contributed by atoms with van der Waals surface area (Å²) in [5, 5.41) is 12.0. The molecule has 0 bridgehead atoms. The molecule has 1 aliphatic carbocycles. The van der Waals surface area contributed by atoms with Crippen LogP contribution >= 0.6 is 22.9 Å². The highest BCUT2D eigenvalue weighted by Crippen LogP contribution is 2.48. The molecule has 6 nitrogen and oxygen atoms in total. The van der Waals surface area contributed by atoms with Gasteiger partial charge >= 0.3 is 5.97 Å². The number of carboxylic acid groups (broad SMARTS) is 1. The van der Waals surface area contributed by atoms with Crippen molar-refractivity contribution >= 4 is 44.7 Å². The van der Waals surface area contributed by atoms with Crippen molar-refractivity contribution < 1.29 is 19.4 Å². The first-order chi connectivity index (χ1) is 22.3. The number of carbonyl (C=O) groups is 1. The molecule has 1 N–H and O–H groups in total. The topological polar surface area (TPSA) is 71.9 Å². The maximum atomic E-state index is 12.7. The summed E-state index contributed by atoms with van der Waals surface area (Å²) in [7, 11) is 0. The van der Waals surface area contributed by atoms with Crippen LogP contribution in [0.15, 0.2) is 54.6 Å². The zero-order chi connectivity index (χ0) is 33.2. The van der Waals surface area contributed by atoms with Crippen LogP contribution in [0.2, 0.25) is 5.02 Å². The van der Waals surface area contributed by atoms with Crippen LogP contribution in [-0.4, -0.2) is 58.4 Å². The van der Waals surface area contributed by atoms with Gasteiger partial charge in [-0.2, -0.15) is 0 Å². The highest BCUT2D eigenvalue weighted by Gasteiger charge is 2.42. The number of fused-ring (bicyclic) bond motifs is 2. The van der Waals surface area contributed by atoms with Gasteiger partial charge in [-0.15, -0.1) is 11.3 Å². The quantitative estimate of drug-likeness (QED) is 0.211. The van der Waals surface area contributed by atoms with Gasteiger partial charge in [-0.3, -0.25) is 4.90 Å². The average Bonchev–Trinajstić information content (AvgIpc) is 3.58. The molecule has 2 saturated heterocycles. The molecule has 1 unspecified atom stereocenters. The first-order valence-corrected chi connectivity index (χ1v) is 17.8. The number of rotatable bonds is 7. The van der Waals surface area contributed by atoms with Gasteiger partial charge in [-0.1, -0.05) is 48.9 Å². The van der Waals surface area contributed by atoms with Gasteiger partial charge in [-0.05, 0) is 119 Å². The third-order valence-electron chi connectivity index (χ3n) is 10.1. The van der Waals surface area contributed by atoms with E-state index in [9.17, 15) is 9.90 Å². The molecule has 8 heteroatoms. The van der Waals surface area contributed by atoms with Crippen LogP contribution in [0.3, 0.4) is 0 Å². The Balaban J connectivity index is 1.29. The third-order valence-corrected chi connectivity index (χ3v) is 11.5. The molecule has 2 atom stereocenters. The van der Waals surface area contributed by atoms with Crippen LogP contribution in [-0.2, 0) is 14.3 Å². The molecule has 47 heavy (non-hydrogen) atoms. The number of thiazole rings is 1. The lowest BCUT2D eigenvalue weighted by atomic mass is 9.83. The average molecular weight is 671 g/mol. The smallest absolute Gasteiger partial charge is 0.337 e. The lowest BCUT2D eigenvalue weighted by Gasteiger charge is -2.50. The van der Waals surface area contributed by atoms with E-state index in [0.29, 0.717) is 22.4 Å². The van der Waals surface area contributed by atoms with Crippen molar-refractivity contribution in [3.05, 3.63) is 81.9 Å². The third kappa shape index (κ3) is 6.06. The number of benzene rings is 3. The number of likely N-dealkylation sites (tertiary alicyclic amines) is 1. The fraction of sp³-hybridized carbons (Fsp3) is 0.436. The summed E-state index contributed by atoms with van der Waals surface area (Å²) in [6, 6.07) is 16.4. The first kappa shape index (κ1) is 32.5. The lowest BCUT2D eigenvalue weighted by molar-refractivity contribution is -0.160. The Morgan fingerprint density at radius 2 is 1.79 bits per heavy atom. The number of carboxylic acids is 1. The summed E-state index contributed by atoms with van der Waals surface area (Å²) in [5.74, 6) is -0.0875. The predicted molar refractivity (Wildman–Crippen MR) is 191 cm³/mol. The number of aliphatic carboxylic acids is 1. The second kappa shape index (κ2) is 12.1. The second-order valence-electron chi connectivity index (χ2n) is 14.8. The maximum absolute atomic E-state index is 12.7. The lowest BCUT2D eigenvalue weighted by Crippen LogP contribution is -2.61. The van der Waals surface area contributed by atoms with E-state index in [-0.39, 0.29) is 5.54 Å². The minimum absolute atomic E-state index is 0.201. The number of hydrogen-bond acceptors (Lipinski definition) is 6. The Bertz CT molecular complexity index is 1880. The molecule has 3 aliphatic rings. The molecular formula is C39H43ClN2O4S. The Hall–Kier alpha value is -3.07. The van der Waals surface area contributed by atoms with Gasteiger partial charge in [0.15, 0.2) is 6.10 Å². The van der Waals surface area contributed by atoms with Crippen molar-refractivity contribution in [2.24, 2.45) is 5.92 Å². The van der Waals surface area contributed by atoms with E-state index in [4.69, 9.17) is 26.1 Å². The van der Waals surface area contributed by atoms with Gasteiger partial charge in [0, 0.05) is 27.6 Å². The molecule has 3 aromatic carbocycles. The van der Waals surface area contributed by atoms with Crippen LogP contribution in [0.4, 0.5) is 0 Å². The monoisotopic (exact) mass is 670 g/mol. The SMILES string of the molecule is Cc1cc2nc(-c3ccc4c(c3)C(C3CCN(C5(C)COC5)CC3)=CC4C)sc2c(-c2ccc(Cl)cc2)c1[C@H](OC(C)(C)C)C(=O)O. The van der Waals surface area contributed by atoms with E-state index in [1.54, 1.807) is 11.3 Å². The summed E-state index contributed by atoms with van der Waals surface area (Å²) < 4.78 is 12.7. The minimum atomic E-state index is -1.14. The summed E-state index contributed by atoms with van der Waals surface area (Å²) in [5.41, 5.74) is 8.90. The van der Waals surface area contributed by atoms with E-state index < -0.39 is 17.7 Å². The van der Waals surface area contributed by atoms with Crippen LogP contribution in [0.1, 0.15) is 81.7 Å². The number of allylic oxidation sites excluding steroid dienone is 2. The van der Waals surface area contributed by atoms with Gasteiger partial charge < -0.3 is 14.6 Å². The largest absolute Gasteiger partial charge is 0.479 e. The molecule has 0 spiro atoms. The van der Waals surface area contributed by atoms with Gasteiger partial charge in [0.25, 0.3) is 0 Å². The maximum Gasteiger partial charge on any atom is 0.337 e. The predicted octanol–water partition coefficient (Wildman–Crippen LogP) is 9.53. The fourth-order valence-electron chi connectivity index (χ4n) is 7.61. The zero-order valence-electron chi connectivity index (χ0n) is 28.0. The van der Waals surface area contributed by atoms with E-state index in [1.807, 2.05) is 58.0 Å². The summed E-state index contributed by atoms with van der Waals surface area (Å²) in [4.78, 5) is 20.5. The van der Waals surface area contributed by atoms with Gasteiger partial charge in [0.05, 0.1) is 34.6 Å². The molecule has 246 valence electrons. The first-order valence-electron chi connectivity index (χ1n) is 16.6. The van der Waals surface area contributed by atoms with E-state index in [2.05, 4.69) is 43.0 Å². The van der Waals surface area contributed by atoms with Gasteiger partial charge in [0.1, 0.15) is 5.01 Å². The van der Waals surface area contributed by atoms with Crippen molar-refractivity contribution in [3.8, 4) is 21.7 Å². The molecule has 3 heterocycles. The number of halogens is 1. The van der Waals surface area contributed by atoms with E-state index in [0.717, 1.165) is 76.6 Å². The molecule has 7 rings (SSSR count). The Kier molecular flexibility index (Phi) is 8.37. The van der Waals surface area contributed by atoms with Crippen LogP contribution < -0.4 is 0 Å². The second-order valence-corrected chi connectivity index (χ2v) is 16.2. The molecule has 2 fully saturated rings. The molecule has 2 aliphatic heterocycles. The van der Waals surface area contributed by atoms with Crippen molar-refractivity contribution in [1.82, 2.24) is 9.88 Å². The highest BCUT2D eigenvalue weighted by atomic mass is 35.5. The van der Waals surface area contributed by atoms with Crippen molar-refractivity contribution in [2.45, 2.75) is 77.5 Å². The molecule has 0 amide bonds. The highest BCUT2D eigenvalue weighted by molar-refractivity contribution is 7.22. The van der Waals surface area contributed by atoms with E-state index >= 15 is 0 Å². The molecule has 0 radical (unpaired) electrons. The molecule has 4 aromatic rings. The molecule has 1 aromatic heterocycles. The van der Waals surface area contributed by atoms with Gasteiger partial charge in [0.2, 0.25) is 0 Å². The fourth-order valence-corrected chi connectivity index (χ4v) is 8.86. The number of piperidine rings is 1. The Morgan fingerprint density at radius 1 is 1.11 bits per heavy atom. The molecular weight excluding hydrogens is 628 g/mol. The summed E-state index contributed by atoms with van der Waals surface area (Å²) in [6.07, 6.45) is 3.66. The number of nitrogens with zero attached hydrogens (tertiary/aromatic N) is 2. The van der Waals surface area contributed by atoms with E-state index in [1.165, 1.54) is 16.7 Å². The number of hydrogen-bond donors (Lipinski definition) is 1.